The molecular weight excluding hydrogens is 364 g/mol. The van der Waals surface area contributed by atoms with Crippen LogP contribution < -0.4 is 15.4 Å². The zero-order valence-corrected chi connectivity index (χ0v) is 15.5. The highest BCUT2D eigenvalue weighted by Gasteiger charge is 2.10. The summed E-state index contributed by atoms with van der Waals surface area (Å²) >= 11 is 6.07. The molecule has 138 valence electrons. The fraction of sp³-hybridized carbons (Fsp3) is 0.150. The number of hydrogen-bond acceptors (Lipinski definition) is 5. The average Bonchev–Trinajstić information content (AvgIpc) is 2.70. The molecule has 0 aliphatic rings. The summed E-state index contributed by atoms with van der Waals surface area (Å²) in [6.07, 6.45) is 2.17. The Morgan fingerprint density at radius 2 is 1.89 bits per heavy atom. The number of amides is 1. The molecular formula is C20H19ClN4O2. The molecule has 0 unspecified atom stereocenters. The summed E-state index contributed by atoms with van der Waals surface area (Å²) in [5.74, 6) is 1.07. The van der Waals surface area contributed by atoms with E-state index in [1.54, 1.807) is 37.4 Å². The lowest BCUT2D eigenvalue weighted by atomic mass is 10.1. The van der Waals surface area contributed by atoms with E-state index < -0.39 is 0 Å². The number of carbonyl (C=O) groups is 1. The van der Waals surface area contributed by atoms with Gasteiger partial charge >= 0.3 is 0 Å². The van der Waals surface area contributed by atoms with E-state index >= 15 is 0 Å². The first kappa shape index (κ1) is 18.7. The summed E-state index contributed by atoms with van der Waals surface area (Å²) in [6, 6.07) is 16.5. The van der Waals surface area contributed by atoms with Crippen LogP contribution in [-0.2, 0) is 6.42 Å². The average molecular weight is 383 g/mol. The van der Waals surface area contributed by atoms with Gasteiger partial charge in [-0.3, -0.25) is 4.79 Å². The molecule has 0 aliphatic carbocycles. The summed E-state index contributed by atoms with van der Waals surface area (Å²) in [5.41, 5.74) is 1.97. The number of nitrogens with zero attached hydrogens (tertiary/aromatic N) is 2. The number of aromatic nitrogens is 2. The van der Waals surface area contributed by atoms with E-state index in [2.05, 4.69) is 20.6 Å². The predicted octanol–water partition coefficient (Wildman–Crippen LogP) is 4.05. The van der Waals surface area contributed by atoms with Crippen molar-refractivity contribution in [2.45, 2.75) is 6.42 Å². The molecule has 27 heavy (non-hydrogen) atoms. The van der Waals surface area contributed by atoms with Gasteiger partial charge < -0.3 is 15.4 Å². The minimum absolute atomic E-state index is 0.261. The summed E-state index contributed by atoms with van der Waals surface area (Å²) in [6.45, 7) is 0.676. The lowest BCUT2D eigenvalue weighted by Crippen LogP contribution is -2.15. The molecule has 0 atom stereocenters. The molecule has 2 aromatic carbocycles. The number of para-hydroxylation sites is 1. The highest BCUT2D eigenvalue weighted by atomic mass is 35.5. The topological polar surface area (TPSA) is 76.1 Å². The normalized spacial score (nSPS) is 10.3. The van der Waals surface area contributed by atoms with Gasteiger partial charge in [0.15, 0.2) is 0 Å². The van der Waals surface area contributed by atoms with Crippen LogP contribution in [-0.4, -0.2) is 29.5 Å². The molecule has 1 heterocycles. The van der Waals surface area contributed by atoms with Gasteiger partial charge in [0.1, 0.15) is 23.6 Å². The van der Waals surface area contributed by atoms with Crippen LogP contribution in [0.2, 0.25) is 5.02 Å². The Bertz CT molecular complexity index is 916. The Morgan fingerprint density at radius 3 is 2.63 bits per heavy atom. The monoisotopic (exact) mass is 382 g/mol. The van der Waals surface area contributed by atoms with Crippen molar-refractivity contribution in [3.63, 3.8) is 0 Å². The van der Waals surface area contributed by atoms with Crippen molar-refractivity contribution in [3.8, 4) is 5.75 Å². The smallest absolute Gasteiger partial charge is 0.274 e. The van der Waals surface area contributed by atoms with E-state index in [4.69, 9.17) is 16.3 Å². The van der Waals surface area contributed by atoms with Crippen LogP contribution in [0.3, 0.4) is 0 Å². The Morgan fingerprint density at radius 1 is 1.11 bits per heavy atom. The third-order valence-electron chi connectivity index (χ3n) is 3.90. The Balaban J connectivity index is 1.58. The third-order valence-corrected chi connectivity index (χ3v) is 4.23. The second-order valence-corrected chi connectivity index (χ2v) is 6.15. The predicted molar refractivity (Wildman–Crippen MR) is 107 cm³/mol. The molecule has 0 bridgehead atoms. The molecule has 0 fully saturated rings. The number of anilines is 2. The molecule has 0 saturated carbocycles. The van der Waals surface area contributed by atoms with E-state index in [1.165, 1.54) is 11.9 Å². The van der Waals surface area contributed by atoms with Crippen LogP contribution in [0, 0.1) is 0 Å². The fourth-order valence-electron chi connectivity index (χ4n) is 2.45. The van der Waals surface area contributed by atoms with Crippen LogP contribution in [0.15, 0.2) is 60.9 Å². The van der Waals surface area contributed by atoms with Gasteiger partial charge in [-0.15, -0.1) is 0 Å². The second-order valence-electron chi connectivity index (χ2n) is 5.75. The summed E-state index contributed by atoms with van der Waals surface area (Å²) < 4.78 is 5.15. The molecule has 0 spiro atoms. The molecule has 0 aliphatic heterocycles. The molecule has 7 heteroatoms. The number of halogens is 1. The quantitative estimate of drug-likeness (QED) is 0.644. The molecule has 1 aromatic heterocycles. The lowest BCUT2D eigenvalue weighted by Gasteiger charge is -2.09. The zero-order chi connectivity index (χ0) is 19.1. The highest BCUT2D eigenvalue weighted by Crippen LogP contribution is 2.21. The van der Waals surface area contributed by atoms with Crippen molar-refractivity contribution in [1.82, 2.24) is 9.97 Å². The minimum Gasteiger partial charge on any atom is -0.497 e. The van der Waals surface area contributed by atoms with Crippen molar-refractivity contribution < 1.29 is 9.53 Å². The number of nitrogens with one attached hydrogen (secondary N) is 2. The standard InChI is InChI=1S/C20H19ClN4O2/c1-27-15-8-6-14(7-9-15)10-11-22-19-12-18(23-13-24-19)20(26)25-17-5-3-2-4-16(17)21/h2-9,12-13H,10-11H2,1H3,(H,25,26)(H,22,23,24). The van der Waals surface area contributed by atoms with Crippen LogP contribution in [0.5, 0.6) is 5.75 Å². The number of hydrogen-bond donors (Lipinski definition) is 2. The van der Waals surface area contributed by atoms with E-state index in [0.29, 0.717) is 23.1 Å². The maximum Gasteiger partial charge on any atom is 0.274 e. The molecule has 1 amide bonds. The Hall–Kier alpha value is -3.12. The molecule has 0 radical (unpaired) electrons. The number of carbonyl (C=O) groups excluding carboxylic acids is 1. The molecule has 0 saturated heterocycles. The number of methoxy groups -OCH3 is 1. The highest BCUT2D eigenvalue weighted by molar-refractivity contribution is 6.33. The van der Waals surface area contributed by atoms with E-state index in [0.717, 1.165) is 12.2 Å². The number of benzene rings is 2. The first-order valence-electron chi connectivity index (χ1n) is 8.40. The van der Waals surface area contributed by atoms with Gasteiger partial charge in [-0.2, -0.15) is 0 Å². The van der Waals surface area contributed by atoms with Gasteiger partial charge in [-0.25, -0.2) is 9.97 Å². The van der Waals surface area contributed by atoms with E-state index in [9.17, 15) is 4.79 Å². The van der Waals surface area contributed by atoms with Gasteiger partial charge in [0.2, 0.25) is 0 Å². The summed E-state index contributed by atoms with van der Waals surface area (Å²) in [7, 11) is 1.64. The van der Waals surface area contributed by atoms with Gasteiger partial charge in [0.25, 0.3) is 5.91 Å². The maximum atomic E-state index is 12.4. The van der Waals surface area contributed by atoms with Crippen LogP contribution in [0.25, 0.3) is 0 Å². The van der Waals surface area contributed by atoms with E-state index in [1.807, 2.05) is 24.3 Å². The van der Waals surface area contributed by atoms with Crippen LogP contribution >= 0.6 is 11.6 Å². The molecule has 3 aromatic rings. The van der Waals surface area contributed by atoms with Crippen LogP contribution in [0.1, 0.15) is 16.1 Å². The van der Waals surface area contributed by atoms with Gasteiger partial charge in [0.05, 0.1) is 17.8 Å². The SMILES string of the molecule is COc1ccc(CCNc2cc(C(=O)Nc3ccccc3Cl)ncn2)cc1. The fourth-order valence-corrected chi connectivity index (χ4v) is 2.64. The molecule has 2 N–H and O–H groups in total. The number of rotatable bonds is 7. The first-order chi connectivity index (χ1) is 13.2. The third kappa shape index (κ3) is 5.18. The van der Waals surface area contributed by atoms with E-state index in [-0.39, 0.29) is 11.6 Å². The first-order valence-corrected chi connectivity index (χ1v) is 8.78. The van der Waals surface area contributed by atoms with Crippen molar-refractivity contribution in [2.24, 2.45) is 0 Å². The molecule has 3 rings (SSSR count). The number of ether oxygens (including phenoxy) is 1. The van der Waals surface area contributed by atoms with Crippen LogP contribution in [0.4, 0.5) is 11.5 Å². The largest absolute Gasteiger partial charge is 0.497 e. The van der Waals surface area contributed by atoms with Crippen molar-refractivity contribution in [3.05, 3.63) is 77.2 Å². The summed E-state index contributed by atoms with van der Waals surface area (Å²) in [4.78, 5) is 20.6. The Kier molecular flexibility index (Phi) is 6.22. The minimum atomic E-state index is -0.344. The summed E-state index contributed by atoms with van der Waals surface area (Å²) in [5, 5.41) is 6.42. The van der Waals surface area contributed by atoms with Crippen molar-refractivity contribution in [1.29, 1.82) is 0 Å². The Labute approximate surface area is 162 Å². The van der Waals surface area contributed by atoms with Crippen molar-refractivity contribution >= 4 is 29.0 Å². The van der Waals surface area contributed by atoms with Gasteiger partial charge in [-0.05, 0) is 36.2 Å². The van der Waals surface area contributed by atoms with Crippen molar-refractivity contribution in [2.75, 3.05) is 24.3 Å². The van der Waals surface area contributed by atoms with Gasteiger partial charge in [0, 0.05) is 12.6 Å². The second kappa shape index (κ2) is 9.00. The van der Waals surface area contributed by atoms with Gasteiger partial charge in [-0.1, -0.05) is 35.9 Å². The lowest BCUT2D eigenvalue weighted by molar-refractivity contribution is 0.102. The maximum absolute atomic E-state index is 12.4. The zero-order valence-electron chi connectivity index (χ0n) is 14.8. The molecule has 6 nitrogen and oxygen atoms in total.